The largest absolute Gasteiger partial charge is 0.480 e. The van der Waals surface area contributed by atoms with E-state index in [2.05, 4.69) is 27.2 Å². The third kappa shape index (κ3) is 5.58. The van der Waals surface area contributed by atoms with E-state index in [0.717, 1.165) is 19.4 Å². The number of esters is 1. The van der Waals surface area contributed by atoms with Crippen LogP contribution in [0, 0.1) is 0 Å². The molecular weight excluding hydrogens is 278 g/mol. The normalized spacial score (nSPS) is 24.0. The van der Waals surface area contributed by atoms with Crippen molar-refractivity contribution in [2.24, 2.45) is 0 Å². The number of amides is 2. The van der Waals surface area contributed by atoms with Crippen LogP contribution in [0.3, 0.4) is 0 Å². The molecule has 2 unspecified atom stereocenters. The van der Waals surface area contributed by atoms with Crippen LogP contribution in [0.15, 0.2) is 0 Å². The third-order valence-electron chi connectivity index (χ3n) is 3.75. The second kappa shape index (κ2) is 7.82. The zero-order valence-electron chi connectivity index (χ0n) is 12.6. The highest BCUT2D eigenvalue weighted by molar-refractivity contribution is 5.86. The van der Waals surface area contributed by atoms with Crippen molar-refractivity contribution in [2.45, 2.75) is 44.3 Å². The highest BCUT2D eigenvalue weighted by Gasteiger charge is 2.27. The van der Waals surface area contributed by atoms with Gasteiger partial charge in [-0.1, -0.05) is 0 Å². The number of hydrogen-bond acceptors (Lipinski definition) is 5. The van der Waals surface area contributed by atoms with Gasteiger partial charge in [0.05, 0.1) is 13.5 Å². The molecule has 0 radical (unpaired) electrons. The van der Waals surface area contributed by atoms with Crippen LogP contribution >= 0.6 is 0 Å². The minimum Gasteiger partial charge on any atom is -0.480 e. The van der Waals surface area contributed by atoms with Crippen molar-refractivity contribution in [3.05, 3.63) is 0 Å². The summed E-state index contributed by atoms with van der Waals surface area (Å²) in [5.74, 6) is -1.96. The number of piperidine rings is 1. The average Bonchev–Trinajstić information content (AvgIpc) is 2.41. The van der Waals surface area contributed by atoms with Crippen molar-refractivity contribution < 1.29 is 24.2 Å². The number of carbonyl (C=O) groups excluding carboxylic acids is 2. The van der Waals surface area contributed by atoms with Gasteiger partial charge in [-0.25, -0.2) is 9.59 Å². The van der Waals surface area contributed by atoms with Gasteiger partial charge in [0, 0.05) is 18.6 Å². The summed E-state index contributed by atoms with van der Waals surface area (Å²) in [5.41, 5.74) is 0. The minimum atomic E-state index is -1.29. The maximum atomic E-state index is 11.8. The zero-order valence-corrected chi connectivity index (χ0v) is 12.6. The molecule has 8 heteroatoms. The lowest BCUT2D eigenvalue weighted by Gasteiger charge is -2.35. The first-order valence-corrected chi connectivity index (χ1v) is 6.90. The van der Waals surface area contributed by atoms with Gasteiger partial charge >= 0.3 is 18.0 Å². The van der Waals surface area contributed by atoms with Crippen molar-refractivity contribution in [3.63, 3.8) is 0 Å². The molecule has 0 bridgehead atoms. The molecule has 0 aromatic heterocycles. The Hall–Kier alpha value is -1.83. The van der Waals surface area contributed by atoms with Crippen molar-refractivity contribution in [1.29, 1.82) is 0 Å². The lowest BCUT2D eigenvalue weighted by atomic mass is 9.99. The molecule has 1 aliphatic rings. The van der Waals surface area contributed by atoms with Gasteiger partial charge in [-0.3, -0.25) is 4.79 Å². The van der Waals surface area contributed by atoms with Gasteiger partial charge in [-0.2, -0.15) is 0 Å². The summed E-state index contributed by atoms with van der Waals surface area (Å²) in [5, 5.41) is 14.0. The Morgan fingerprint density at radius 3 is 2.62 bits per heavy atom. The number of rotatable bonds is 5. The molecule has 1 rings (SSSR count). The highest BCUT2D eigenvalue weighted by atomic mass is 16.5. The van der Waals surface area contributed by atoms with Crippen molar-refractivity contribution in [2.75, 3.05) is 20.7 Å². The van der Waals surface area contributed by atoms with Gasteiger partial charge in [0.15, 0.2) is 0 Å². The molecule has 120 valence electrons. The Balaban J connectivity index is 2.47. The van der Waals surface area contributed by atoms with Gasteiger partial charge in [-0.15, -0.1) is 0 Å². The van der Waals surface area contributed by atoms with E-state index in [1.165, 1.54) is 7.11 Å². The Labute approximate surface area is 123 Å². The van der Waals surface area contributed by atoms with E-state index in [4.69, 9.17) is 5.11 Å². The zero-order chi connectivity index (χ0) is 16.0. The summed E-state index contributed by atoms with van der Waals surface area (Å²) in [7, 11) is 3.19. The first-order valence-electron chi connectivity index (χ1n) is 6.90. The van der Waals surface area contributed by atoms with E-state index < -0.39 is 30.4 Å². The highest BCUT2D eigenvalue weighted by Crippen LogP contribution is 2.15. The quantitative estimate of drug-likeness (QED) is 0.606. The second-order valence-corrected chi connectivity index (χ2v) is 5.34. The number of methoxy groups -OCH3 is 1. The predicted octanol–water partition coefficient (Wildman–Crippen LogP) is -0.215. The molecule has 3 N–H and O–H groups in total. The van der Waals surface area contributed by atoms with Crippen LogP contribution in [0.25, 0.3) is 0 Å². The van der Waals surface area contributed by atoms with E-state index in [-0.39, 0.29) is 6.04 Å². The standard InChI is InChI=1S/C13H23N3O5/c1-8-6-9(4-5-16(8)2)14-13(20)15-10(12(18)19)7-11(17)21-3/h8-10H,4-7H2,1-3H3,(H,18,19)(H2,14,15,20)/t8?,9?,10-/m0/s1. The van der Waals surface area contributed by atoms with Crippen LogP contribution in [0.2, 0.25) is 0 Å². The Kier molecular flexibility index (Phi) is 6.41. The van der Waals surface area contributed by atoms with Crippen LogP contribution in [0.4, 0.5) is 4.79 Å². The fraction of sp³-hybridized carbons (Fsp3) is 0.769. The van der Waals surface area contributed by atoms with E-state index >= 15 is 0 Å². The number of nitrogens with one attached hydrogen (secondary N) is 2. The fourth-order valence-corrected chi connectivity index (χ4v) is 2.26. The molecule has 0 aromatic rings. The van der Waals surface area contributed by atoms with Crippen molar-refractivity contribution in [3.8, 4) is 0 Å². The summed E-state index contributed by atoms with van der Waals surface area (Å²) in [6, 6.07) is -1.51. The number of aliphatic carboxylic acids is 1. The van der Waals surface area contributed by atoms with Crippen LogP contribution in [-0.2, 0) is 14.3 Å². The number of hydrogen-bond donors (Lipinski definition) is 3. The predicted molar refractivity (Wildman–Crippen MR) is 74.8 cm³/mol. The lowest BCUT2D eigenvalue weighted by molar-refractivity contribution is -0.147. The van der Waals surface area contributed by atoms with E-state index in [1.54, 1.807) is 0 Å². The summed E-state index contributed by atoms with van der Waals surface area (Å²) >= 11 is 0. The third-order valence-corrected chi connectivity index (χ3v) is 3.75. The molecule has 21 heavy (non-hydrogen) atoms. The first kappa shape index (κ1) is 17.2. The molecule has 3 atom stereocenters. The van der Waals surface area contributed by atoms with Crippen molar-refractivity contribution >= 4 is 18.0 Å². The van der Waals surface area contributed by atoms with Crippen LogP contribution in [-0.4, -0.2) is 66.8 Å². The number of carboxylic acid groups (broad SMARTS) is 1. The summed E-state index contributed by atoms with van der Waals surface area (Å²) < 4.78 is 4.41. The Morgan fingerprint density at radius 2 is 2.10 bits per heavy atom. The molecule has 2 amide bonds. The molecule has 0 spiro atoms. The van der Waals surface area contributed by atoms with Gasteiger partial charge in [0.1, 0.15) is 6.04 Å². The Bertz CT molecular complexity index is 401. The number of nitrogens with zero attached hydrogens (tertiary/aromatic N) is 1. The summed E-state index contributed by atoms with van der Waals surface area (Å²) in [4.78, 5) is 36.2. The molecule has 0 saturated carbocycles. The summed E-state index contributed by atoms with van der Waals surface area (Å²) in [6.07, 6.45) is 1.21. The van der Waals surface area contributed by atoms with E-state index in [9.17, 15) is 14.4 Å². The van der Waals surface area contributed by atoms with Crippen LogP contribution < -0.4 is 10.6 Å². The number of carbonyl (C=O) groups is 3. The van der Waals surface area contributed by atoms with E-state index in [1.807, 2.05) is 7.05 Å². The molecule has 8 nitrogen and oxygen atoms in total. The van der Waals surface area contributed by atoms with Crippen LogP contribution in [0.1, 0.15) is 26.2 Å². The fourth-order valence-electron chi connectivity index (χ4n) is 2.26. The molecular formula is C13H23N3O5. The smallest absolute Gasteiger partial charge is 0.326 e. The minimum absolute atomic E-state index is 0.00349. The molecule has 1 saturated heterocycles. The van der Waals surface area contributed by atoms with E-state index in [0.29, 0.717) is 6.04 Å². The number of carboxylic acids is 1. The SMILES string of the molecule is COC(=O)C[C@H](NC(=O)NC1CCN(C)C(C)C1)C(=O)O. The molecule has 1 heterocycles. The maximum absolute atomic E-state index is 11.8. The van der Waals surface area contributed by atoms with Gasteiger partial charge in [0.2, 0.25) is 0 Å². The number of ether oxygens (including phenoxy) is 1. The van der Waals surface area contributed by atoms with Crippen molar-refractivity contribution in [1.82, 2.24) is 15.5 Å². The second-order valence-electron chi connectivity index (χ2n) is 5.34. The maximum Gasteiger partial charge on any atom is 0.326 e. The first-order chi connectivity index (χ1) is 9.83. The number of likely N-dealkylation sites (tertiary alicyclic amines) is 1. The number of urea groups is 1. The molecule has 1 fully saturated rings. The summed E-state index contributed by atoms with van der Waals surface area (Å²) in [6.45, 7) is 2.94. The van der Waals surface area contributed by atoms with Gasteiger partial charge < -0.3 is 25.4 Å². The topological polar surface area (TPSA) is 108 Å². The van der Waals surface area contributed by atoms with Gasteiger partial charge in [-0.05, 0) is 26.8 Å². The lowest BCUT2D eigenvalue weighted by Crippen LogP contribution is -2.53. The van der Waals surface area contributed by atoms with Crippen LogP contribution in [0.5, 0.6) is 0 Å². The average molecular weight is 301 g/mol. The van der Waals surface area contributed by atoms with Gasteiger partial charge in [0.25, 0.3) is 0 Å². The molecule has 0 aliphatic carbocycles. The molecule has 0 aromatic carbocycles. The molecule has 1 aliphatic heterocycles. The monoisotopic (exact) mass is 301 g/mol. The Morgan fingerprint density at radius 1 is 1.43 bits per heavy atom.